The van der Waals surface area contributed by atoms with Gasteiger partial charge in [0.2, 0.25) is 5.91 Å². The molecule has 0 fully saturated rings. The van der Waals surface area contributed by atoms with Crippen molar-refractivity contribution in [1.82, 2.24) is 4.98 Å². The van der Waals surface area contributed by atoms with Crippen LogP contribution in [0.3, 0.4) is 0 Å². The highest BCUT2D eigenvalue weighted by Crippen LogP contribution is 2.21. The molecule has 3 rings (SSSR count). The van der Waals surface area contributed by atoms with E-state index in [4.69, 9.17) is 0 Å². The van der Waals surface area contributed by atoms with Crippen molar-refractivity contribution < 1.29 is 4.79 Å². The molecule has 0 aliphatic carbocycles. The number of thiazole rings is 1. The van der Waals surface area contributed by atoms with E-state index in [-0.39, 0.29) is 5.91 Å². The monoisotopic (exact) mass is 348 g/mol. The number of rotatable bonds is 5. The fourth-order valence-corrected chi connectivity index (χ4v) is 3.32. The molecule has 126 valence electrons. The fourth-order valence-electron chi connectivity index (χ4n) is 2.47. The molecule has 0 aliphatic heterocycles. The molecular weight excluding hydrogens is 328 g/mol. The summed E-state index contributed by atoms with van der Waals surface area (Å²) in [5.74, 6) is -0.169. The Morgan fingerprint density at radius 2 is 1.92 bits per heavy atom. The average Bonchev–Trinajstić information content (AvgIpc) is 3.01. The molecule has 0 radical (unpaired) electrons. The third-order valence-electron chi connectivity index (χ3n) is 3.75. The third kappa shape index (κ3) is 5.13. The molecule has 1 N–H and O–H groups in total. The molecule has 3 aromatic rings. The number of aryl methyl sites for hydroxylation is 2. The summed E-state index contributed by atoms with van der Waals surface area (Å²) in [6, 6.07) is 16.4. The van der Waals surface area contributed by atoms with E-state index >= 15 is 0 Å². The van der Waals surface area contributed by atoms with Crippen LogP contribution in [0.1, 0.15) is 27.1 Å². The summed E-state index contributed by atoms with van der Waals surface area (Å²) in [4.78, 5) is 17.5. The first-order chi connectivity index (χ1) is 12.1. The van der Waals surface area contributed by atoms with Crippen LogP contribution in [-0.4, -0.2) is 10.9 Å². The number of benzene rings is 2. The molecule has 0 saturated carbocycles. The van der Waals surface area contributed by atoms with Gasteiger partial charge in [-0.25, -0.2) is 4.98 Å². The third-order valence-corrected chi connectivity index (χ3v) is 4.66. The second-order valence-electron chi connectivity index (χ2n) is 6.03. The van der Waals surface area contributed by atoms with Crippen molar-refractivity contribution in [1.29, 1.82) is 0 Å². The van der Waals surface area contributed by atoms with Crippen LogP contribution in [0.4, 0.5) is 5.13 Å². The van der Waals surface area contributed by atoms with Crippen LogP contribution in [0, 0.1) is 13.8 Å². The number of nitrogens with one attached hydrogen (secondary N) is 1. The maximum absolute atomic E-state index is 12.0. The van der Waals surface area contributed by atoms with Gasteiger partial charge in [-0.15, -0.1) is 11.3 Å². The lowest BCUT2D eigenvalue weighted by Crippen LogP contribution is -2.07. The van der Waals surface area contributed by atoms with Crippen LogP contribution in [-0.2, 0) is 11.2 Å². The highest BCUT2D eigenvalue weighted by molar-refractivity contribution is 7.15. The molecule has 0 atom stereocenters. The van der Waals surface area contributed by atoms with Crippen LogP contribution < -0.4 is 5.32 Å². The van der Waals surface area contributed by atoms with Crippen molar-refractivity contribution in [3.63, 3.8) is 0 Å². The molecular formula is C21H20N2OS. The lowest BCUT2D eigenvalue weighted by Gasteiger charge is -1.99. The number of hydrogen-bond donors (Lipinski definition) is 1. The van der Waals surface area contributed by atoms with Crippen LogP contribution in [0.25, 0.3) is 6.08 Å². The zero-order chi connectivity index (χ0) is 17.6. The Hall–Kier alpha value is -2.72. The summed E-state index contributed by atoms with van der Waals surface area (Å²) in [6.07, 6.45) is 5.99. The van der Waals surface area contributed by atoms with E-state index in [0.717, 1.165) is 16.9 Å². The molecule has 1 heterocycles. The van der Waals surface area contributed by atoms with Crippen LogP contribution in [0.15, 0.2) is 60.8 Å². The van der Waals surface area contributed by atoms with E-state index in [2.05, 4.69) is 41.5 Å². The highest BCUT2D eigenvalue weighted by atomic mass is 32.1. The second-order valence-corrected chi connectivity index (χ2v) is 7.15. The van der Waals surface area contributed by atoms with Crippen molar-refractivity contribution in [2.24, 2.45) is 0 Å². The summed E-state index contributed by atoms with van der Waals surface area (Å²) in [5, 5.41) is 3.45. The molecule has 0 unspecified atom stereocenters. The van der Waals surface area contributed by atoms with Crippen LogP contribution in [0.5, 0.6) is 0 Å². The minimum Gasteiger partial charge on any atom is -0.298 e. The lowest BCUT2D eigenvalue weighted by molar-refractivity contribution is -0.111. The van der Waals surface area contributed by atoms with Crippen LogP contribution >= 0.6 is 11.3 Å². The maximum atomic E-state index is 12.0. The van der Waals surface area contributed by atoms with Crippen molar-refractivity contribution in [2.75, 3.05) is 5.32 Å². The van der Waals surface area contributed by atoms with Gasteiger partial charge in [0, 0.05) is 23.6 Å². The predicted molar refractivity (Wildman–Crippen MR) is 105 cm³/mol. The maximum Gasteiger partial charge on any atom is 0.250 e. The molecule has 0 aliphatic rings. The van der Waals surface area contributed by atoms with E-state index in [1.807, 2.05) is 37.4 Å². The first kappa shape index (κ1) is 17.1. The number of amides is 1. The molecule has 2 aromatic carbocycles. The van der Waals surface area contributed by atoms with Crippen molar-refractivity contribution in [3.8, 4) is 0 Å². The smallest absolute Gasteiger partial charge is 0.250 e. The Morgan fingerprint density at radius 3 is 2.68 bits per heavy atom. The summed E-state index contributed by atoms with van der Waals surface area (Å²) in [6.45, 7) is 4.12. The number of nitrogens with zero attached hydrogens (tertiary/aromatic N) is 1. The Labute approximate surface area is 152 Å². The molecule has 0 bridgehead atoms. The van der Waals surface area contributed by atoms with E-state index in [9.17, 15) is 4.79 Å². The van der Waals surface area contributed by atoms with Gasteiger partial charge in [0.05, 0.1) is 0 Å². The molecule has 0 saturated heterocycles. The van der Waals surface area contributed by atoms with Crippen molar-refractivity contribution in [2.45, 2.75) is 20.3 Å². The Bertz CT molecular complexity index is 894. The molecule has 25 heavy (non-hydrogen) atoms. The van der Waals surface area contributed by atoms with Gasteiger partial charge in [0.25, 0.3) is 0 Å². The molecule has 1 aromatic heterocycles. The molecule has 1 amide bonds. The molecule has 0 spiro atoms. The summed E-state index contributed by atoms with van der Waals surface area (Å²) in [5.41, 5.74) is 4.70. The minimum atomic E-state index is -0.169. The molecule has 3 nitrogen and oxygen atoms in total. The summed E-state index contributed by atoms with van der Waals surface area (Å²) < 4.78 is 0. The van der Waals surface area contributed by atoms with E-state index in [1.54, 1.807) is 6.08 Å². The van der Waals surface area contributed by atoms with Gasteiger partial charge in [-0.05, 0) is 31.1 Å². The average molecular weight is 348 g/mol. The predicted octanol–water partition coefficient (Wildman–Crippen LogP) is 5.00. The minimum absolute atomic E-state index is 0.169. The number of carbonyl (C=O) groups excluding carboxylic acids is 1. The highest BCUT2D eigenvalue weighted by Gasteiger charge is 2.05. The zero-order valence-electron chi connectivity index (χ0n) is 14.3. The first-order valence-electron chi connectivity index (χ1n) is 8.14. The standard InChI is InChI=1S/C21H20N2OS/c1-15-6-8-17(9-7-15)10-11-20(24)23-21-22-14-19(25-21)13-18-5-3-4-16(2)12-18/h3-12,14H,13H2,1-2H3,(H,22,23,24). The summed E-state index contributed by atoms with van der Waals surface area (Å²) in [7, 11) is 0. The van der Waals surface area contributed by atoms with Gasteiger partial charge >= 0.3 is 0 Å². The molecule has 4 heteroatoms. The number of aromatic nitrogens is 1. The zero-order valence-corrected chi connectivity index (χ0v) is 15.1. The van der Waals surface area contributed by atoms with Crippen molar-refractivity contribution >= 4 is 28.5 Å². The second kappa shape index (κ2) is 7.90. The van der Waals surface area contributed by atoms with Crippen LogP contribution in [0.2, 0.25) is 0 Å². The van der Waals surface area contributed by atoms with Gasteiger partial charge in [-0.2, -0.15) is 0 Å². The van der Waals surface area contributed by atoms with Gasteiger partial charge in [0.15, 0.2) is 5.13 Å². The first-order valence-corrected chi connectivity index (χ1v) is 8.96. The van der Waals surface area contributed by atoms with E-state index in [0.29, 0.717) is 5.13 Å². The Morgan fingerprint density at radius 1 is 1.12 bits per heavy atom. The lowest BCUT2D eigenvalue weighted by atomic mass is 10.1. The number of carbonyl (C=O) groups is 1. The van der Waals surface area contributed by atoms with Gasteiger partial charge < -0.3 is 0 Å². The quantitative estimate of drug-likeness (QED) is 0.659. The van der Waals surface area contributed by atoms with E-state index < -0.39 is 0 Å². The Kier molecular flexibility index (Phi) is 5.41. The Balaban J connectivity index is 1.59. The van der Waals surface area contributed by atoms with Gasteiger partial charge in [-0.3, -0.25) is 10.1 Å². The SMILES string of the molecule is Cc1ccc(C=CC(=O)Nc2ncc(Cc3cccc(C)c3)s2)cc1. The van der Waals surface area contributed by atoms with Crippen molar-refractivity contribution in [3.05, 3.63) is 87.9 Å². The fraction of sp³-hybridized carbons (Fsp3) is 0.143. The van der Waals surface area contributed by atoms with E-state index in [1.165, 1.54) is 34.1 Å². The normalized spacial score (nSPS) is 11.0. The topological polar surface area (TPSA) is 42.0 Å². The number of anilines is 1. The summed E-state index contributed by atoms with van der Waals surface area (Å²) >= 11 is 1.51. The number of hydrogen-bond acceptors (Lipinski definition) is 3. The largest absolute Gasteiger partial charge is 0.298 e. The van der Waals surface area contributed by atoms with Gasteiger partial charge in [-0.1, -0.05) is 59.7 Å². The van der Waals surface area contributed by atoms with Gasteiger partial charge in [0.1, 0.15) is 0 Å².